The minimum atomic E-state index is 0.0492. The molecule has 0 amide bonds. The van der Waals surface area contributed by atoms with Crippen LogP contribution < -0.4 is 10.9 Å². The third kappa shape index (κ3) is 2.58. The van der Waals surface area contributed by atoms with Crippen molar-refractivity contribution in [3.8, 4) is 0 Å². The van der Waals surface area contributed by atoms with Crippen LogP contribution >= 0.6 is 0 Å². The maximum absolute atomic E-state index is 12.0. The topological polar surface area (TPSA) is 51.9 Å². The van der Waals surface area contributed by atoms with E-state index in [9.17, 15) is 4.79 Å². The number of nitrogens with zero attached hydrogens (tertiary/aromatic N) is 3. The molecule has 0 fully saturated rings. The van der Waals surface area contributed by atoms with Crippen molar-refractivity contribution in [3.05, 3.63) is 70.1 Å². The maximum atomic E-state index is 12.0. The van der Waals surface area contributed by atoms with Gasteiger partial charge in [-0.05, 0) is 37.3 Å². The van der Waals surface area contributed by atoms with E-state index in [1.807, 2.05) is 56.0 Å². The van der Waals surface area contributed by atoms with Crippen LogP contribution in [-0.4, -0.2) is 14.3 Å². The van der Waals surface area contributed by atoms with Crippen LogP contribution in [0.25, 0.3) is 21.8 Å². The van der Waals surface area contributed by atoms with Crippen LogP contribution in [-0.2, 0) is 20.6 Å². The fourth-order valence-electron chi connectivity index (χ4n) is 3.36. The molecule has 0 saturated carbocycles. The molecule has 2 aromatic carbocycles. The Morgan fingerprint density at radius 1 is 1.04 bits per heavy atom. The van der Waals surface area contributed by atoms with Crippen LogP contribution in [0.2, 0.25) is 0 Å². The monoisotopic (exact) mass is 332 g/mol. The second kappa shape index (κ2) is 5.77. The second-order valence-corrected chi connectivity index (χ2v) is 6.41. The number of rotatable bonds is 3. The lowest BCUT2D eigenvalue weighted by Crippen LogP contribution is -2.19. The summed E-state index contributed by atoms with van der Waals surface area (Å²) < 4.78 is 3.60. The van der Waals surface area contributed by atoms with Gasteiger partial charge < -0.3 is 9.88 Å². The summed E-state index contributed by atoms with van der Waals surface area (Å²) in [6.07, 6.45) is 0. The lowest BCUT2D eigenvalue weighted by atomic mass is 10.1. The van der Waals surface area contributed by atoms with Crippen LogP contribution in [0, 0.1) is 6.92 Å². The molecule has 0 radical (unpaired) electrons. The van der Waals surface area contributed by atoms with Crippen molar-refractivity contribution in [1.82, 2.24) is 14.3 Å². The van der Waals surface area contributed by atoms with Gasteiger partial charge in [0.15, 0.2) is 0 Å². The fraction of sp³-hybridized carbons (Fsp3) is 0.200. The molecule has 0 aliphatic carbocycles. The van der Waals surface area contributed by atoms with Gasteiger partial charge in [-0.15, -0.1) is 0 Å². The number of hydrogen-bond acceptors (Lipinski definition) is 3. The van der Waals surface area contributed by atoms with E-state index in [1.165, 1.54) is 0 Å². The molecule has 0 bridgehead atoms. The van der Waals surface area contributed by atoms with Gasteiger partial charge in [-0.3, -0.25) is 9.48 Å². The van der Waals surface area contributed by atoms with Crippen molar-refractivity contribution >= 4 is 27.5 Å². The SMILES string of the molecule is Cc1cc2cc(NCc3nn(C)c4ccccc34)ccc2n(C)c1=O. The third-order valence-electron chi connectivity index (χ3n) is 4.70. The molecule has 0 aliphatic rings. The standard InChI is InChI=1S/C20H20N4O/c1-13-10-14-11-15(8-9-18(14)23(2)20(13)25)21-12-17-16-6-4-5-7-19(16)24(3)22-17/h4-11,21H,12H2,1-3H3. The van der Waals surface area contributed by atoms with Gasteiger partial charge in [0.1, 0.15) is 0 Å². The summed E-state index contributed by atoms with van der Waals surface area (Å²) in [5.74, 6) is 0. The molecule has 4 rings (SSSR count). The highest BCUT2D eigenvalue weighted by atomic mass is 16.1. The molecule has 2 heterocycles. The van der Waals surface area contributed by atoms with Crippen molar-refractivity contribution < 1.29 is 0 Å². The quantitative estimate of drug-likeness (QED) is 0.626. The first-order valence-corrected chi connectivity index (χ1v) is 8.29. The molecule has 4 aromatic rings. The Balaban J connectivity index is 1.67. The fourth-order valence-corrected chi connectivity index (χ4v) is 3.36. The molecule has 0 unspecified atom stereocenters. The molecular weight excluding hydrogens is 312 g/mol. The van der Waals surface area contributed by atoms with E-state index >= 15 is 0 Å². The highest BCUT2D eigenvalue weighted by Crippen LogP contribution is 2.21. The summed E-state index contributed by atoms with van der Waals surface area (Å²) in [7, 11) is 3.77. The van der Waals surface area contributed by atoms with Gasteiger partial charge in [-0.2, -0.15) is 5.10 Å². The largest absolute Gasteiger partial charge is 0.379 e. The van der Waals surface area contributed by atoms with E-state index in [0.29, 0.717) is 6.54 Å². The first kappa shape index (κ1) is 15.4. The number of nitrogens with one attached hydrogen (secondary N) is 1. The second-order valence-electron chi connectivity index (χ2n) is 6.41. The number of pyridine rings is 1. The minimum Gasteiger partial charge on any atom is -0.379 e. The number of hydrogen-bond donors (Lipinski definition) is 1. The van der Waals surface area contributed by atoms with Gasteiger partial charge in [0.2, 0.25) is 0 Å². The van der Waals surface area contributed by atoms with Crippen molar-refractivity contribution in [2.75, 3.05) is 5.32 Å². The molecular formula is C20H20N4O. The van der Waals surface area contributed by atoms with Crippen LogP contribution in [0.4, 0.5) is 5.69 Å². The summed E-state index contributed by atoms with van der Waals surface area (Å²) in [6, 6.07) is 16.2. The lowest BCUT2D eigenvalue weighted by molar-refractivity contribution is 0.771. The minimum absolute atomic E-state index is 0.0492. The number of anilines is 1. The molecule has 0 saturated heterocycles. The zero-order valence-electron chi connectivity index (χ0n) is 14.6. The molecule has 0 atom stereocenters. The highest BCUT2D eigenvalue weighted by molar-refractivity contribution is 5.84. The average molecular weight is 332 g/mol. The van der Waals surface area contributed by atoms with Crippen LogP contribution in [0.15, 0.2) is 53.3 Å². The van der Waals surface area contributed by atoms with E-state index in [4.69, 9.17) is 0 Å². The van der Waals surface area contributed by atoms with Crippen molar-refractivity contribution in [2.24, 2.45) is 14.1 Å². The molecule has 1 N–H and O–H groups in total. The number of aromatic nitrogens is 3. The van der Waals surface area contributed by atoms with Gasteiger partial charge in [0.25, 0.3) is 5.56 Å². The van der Waals surface area contributed by atoms with Gasteiger partial charge in [0, 0.05) is 36.1 Å². The average Bonchev–Trinajstić information content (AvgIpc) is 2.94. The first-order valence-electron chi connectivity index (χ1n) is 8.29. The zero-order chi connectivity index (χ0) is 17.6. The molecule has 0 spiro atoms. The number of fused-ring (bicyclic) bond motifs is 2. The summed E-state index contributed by atoms with van der Waals surface area (Å²) in [5.41, 5.74) is 4.90. The number of para-hydroxylation sites is 1. The van der Waals surface area contributed by atoms with Crippen molar-refractivity contribution in [1.29, 1.82) is 0 Å². The van der Waals surface area contributed by atoms with E-state index in [2.05, 4.69) is 28.6 Å². The molecule has 25 heavy (non-hydrogen) atoms. The van der Waals surface area contributed by atoms with Gasteiger partial charge >= 0.3 is 0 Å². The molecule has 126 valence electrons. The Morgan fingerprint density at radius 2 is 1.84 bits per heavy atom. The Bertz CT molecular complexity index is 1150. The van der Waals surface area contributed by atoms with Gasteiger partial charge in [-0.25, -0.2) is 0 Å². The summed E-state index contributed by atoms with van der Waals surface area (Å²) in [5, 5.41) is 10.3. The Morgan fingerprint density at radius 3 is 2.68 bits per heavy atom. The van der Waals surface area contributed by atoms with Crippen LogP contribution in [0.1, 0.15) is 11.3 Å². The smallest absolute Gasteiger partial charge is 0.253 e. The van der Waals surface area contributed by atoms with Gasteiger partial charge in [0.05, 0.1) is 23.3 Å². The number of benzene rings is 2. The van der Waals surface area contributed by atoms with E-state index in [1.54, 1.807) is 4.57 Å². The molecule has 5 nitrogen and oxygen atoms in total. The van der Waals surface area contributed by atoms with Crippen LogP contribution in [0.3, 0.4) is 0 Å². The summed E-state index contributed by atoms with van der Waals surface area (Å²) in [6.45, 7) is 2.50. The molecule has 0 aliphatic heterocycles. The highest BCUT2D eigenvalue weighted by Gasteiger charge is 2.08. The van der Waals surface area contributed by atoms with Crippen molar-refractivity contribution in [2.45, 2.75) is 13.5 Å². The van der Waals surface area contributed by atoms with E-state index in [0.717, 1.165) is 38.8 Å². The van der Waals surface area contributed by atoms with E-state index < -0.39 is 0 Å². The van der Waals surface area contributed by atoms with Crippen molar-refractivity contribution in [3.63, 3.8) is 0 Å². The zero-order valence-corrected chi connectivity index (χ0v) is 14.6. The van der Waals surface area contributed by atoms with E-state index in [-0.39, 0.29) is 5.56 Å². The summed E-state index contributed by atoms with van der Waals surface area (Å²) >= 11 is 0. The third-order valence-corrected chi connectivity index (χ3v) is 4.70. The maximum Gasteiger partial charge on any atom is 0.253 e. The summed E-state index contributed by atoms with van der Waals surface area (Å²) in [4.78, 5) is 12.0. The lowest BCUT2D eigenvalue weighted by Gasteiger charge is -2.10. The normalized spacial score (nSPS) is 11.3. The number of aryl methyl sites for hydroxylation is 3. The predicted molar refractivity (Wildman–Crippen MR) is 102 cm³/mol. The first-order chi connectivity index (χ1) is 12.0. The predicted octanol–water partition coefficient (Wildman–Crippen LogP) is 3.35. The Hall–Kier alpha value is -3.08. The van der Waals surface area contributed by atoms with Crippen LogP contribution in [0.5, 0.6) is 0 Å². The Kier molecular flexibility index (Phi) is 3.57. The Labute approximate surface area is 145 Å². The molecule has 5 heteroatoms. The molecule has 2 aromatic heterocycles. The van der Waals surface area contributed by atoms with Gasteiger partial charge in [-0.1, -0.05) is 18.2 Å².